The van der Waals surface area contributed by atoms with E-state index in [1.807, 2.05) is 13.8 Å². The van der Waals surface area contributed by atoms with Gasteiger partial charge in [0.2, 0.25) is 0 Å². The van der Waals surface area contributed by atoms with Gasteiger partial charge in [0, 0.05) is 6.61 Å². The Morgan fingerprint density at radius 2 is 2.13 bits per heavy atom. The molecule has 0 saturated carbocycles. The van der Waals surface area contributed by atoms with Gasteiger partial charge in [-0.2, -0.15) is 0 Å². The van der Waals surface area contributed by atoms with Crippen LogP contribution in [-0.4, -0.2) is 25.3 Å². The summed E-state index contributed by atoms with van der Waals surface area (Å²) >= 11 is 0. The maximum atomic E-state index is 11.6. The largest absolute Gasteiger partial charge is 0.463 e. The summed E-state index contributed by atoms with van der Waals surface area (Å²) in [5.41, 5.74) is 0. The van der Waals surface area contributed by atoms with Gasteiger partial charge >= 0.3 is 5.97 Å². The summed E-state index contributed by atoms with van der Waals surface area (Å²) in [5.74, 6) is 0.00256. The molecule has 1 saturated heterocycles. The Labute approximate surface area is 92.1 Å². The maximum absolute atomic E-state index is 11.6. The zero-order chi connectivity index (χ0) is 11.1. The van der Waals surface area contributed by atoms with Gasteiger partial charge in [-0.05, 0) is 32.1 Å². The molecule has 1 fully saturated rings. The highest BCUT2D eigenvalue weighted by atomic mass is 16.6. The lowest BCUT2D eigenvalue weighted by molar-refractivity contribution is -0.154. The number of esters is 1. The van der Waals surface area contributed by atoms with Crippen LogP contribution in [-0.2, 0) is 14.3 Å². The average Bonchev–Trinajstić information content (AvgIpc) is 2.29. The van der Waals surface area contributed by atoms with Crippen LogP contribution in [0, 0.1) is 5.92 Å². The monoisotopic (exact) mass is 214 g/mol. The van der Waals surface area contributed by atoms with Gasteiger partial charge < -0.3 is 9.47 Å². The molecule has 1 atom stereocenters. The summed E-state index contributed by atoms with van der Waals surface area (Å²) in [4.78, 5) is 11.6. The highest BCUT2D eigenvalue weighted by molar-refractivity contribution is 5.72. The maximum Gasteiger partial charge on any atom is 0.308 e. The quantitative estimate of drug-likeness (QED) is 0.660. The van der Waals surface area contributed by atoms with Crippen molar-refractivity contribution in [1.29, 1.82) is 0 Å². The normalized spacial score (nSPS) is 21.7. The van der Waals surface area contributed by atoms with Crippen LogP contribution >= 0.6 is 0 Å². The average molecular weight is 214 g/mol. The summed E-state index contributed by atoms with van der Waals surface area (Å²) in [6.07, 6.45) is 5.21. The third kappa shape index (κ3) is 4.20. The van der Waals surface area contributed by atoms with E-state index in [0.29, 0.717) is 6.61 Å². The lowest BCUT2D eigenvalue weighted by Gasteiger charge is -2.23. The number of rotatable bonds is 5. The summed E-state index contributed by atoms with van der Waals surface area (Å²) in [6, 6.07) is 0. The molecule has 3 nitrogen and oxygen atoms in total. The topological polar surface area (TPSA) is 35.5 Å². The number of hydrogen-bond donors (Lipinski definition) is 0. The molecule has 0 aromatic carbocycles. The van der Waals surface area contributed by atoms with Gasteiger partial charge in [0.15, 0.2) is 0 Å². The molecular formula is C12H22O3. The van der Waals surface area contributed by atoms with Crippen LogP contribution < -0.4 is 0 Å². The highest BCUT2D eigenvalue weighted by Gasteiger charge is 2.19. The predicted molar refractivity (Wildman–Crippen MR) is 58.6 cm³/mol. The Morgan fingerprint density at radius 3 is 2.67 bits per heavy atom. The molecule has 3 heteroatoms. The first kappa shape index (κ1) is 12.5. The predicted octanol–water partition coefficient (Wildman–Crippen LogP) is 2.53. The Balaban J connectivity index is 2.20. The Kier molecular flexibility index (Phi) is 5.69. The van der Waals surface area contributed by atoms with Gasteiger partial charge in [-0.25, -0.2) is 0 Å². The van der Waals surface area contributed by atoms with Gasteiger partial charge in [0.1, 0.15) is 6.61 Å². The molecule has 0 aromatic rings. The van der Waals surface area contributed by atoms with E-state index in [1.165, 1.54) is 6.42 Å². The lowest BCUT2D eigenvalue weighted by atomic mass is 10.0. The third-order valence-corrected chi connectivity index (χ3v) is 3.00. The molecule has 88 valence electrons. The van der Waals surface area contributed by atoms with E-state index in [4.69, 9.17) is 9.47 Å². The Morgan fingerprint density at radius 1 is 1.40 bits per heavy atom. The number of carbonyl (C=O) groups excluding carboxylic acids is 1. The second kappa shape index (κ2) is 6.83. The SMILES string of the molecule is CCC(CC)C(=O)OCC1CCCCO1. The van der Waals surface area contributed by atoms with Crippen molar-refractivity contribution in [1.82, 2.24) is 0 Å². The van der Waals surface area contributed by atoms with E-state index in [9.17, 15) is 4.79 Å². The van der Waals surface area contributed by atoms with Crippen LogP contribution in [0.4, 0.5) is 0 Å². The van der Waals surface area contributed by atoms with Crippen molar-refractivity contribution in [3.05, 3.63) is 0 Å². The molecule has 0 aromatic heterocycles. The van der Waals surface area contributed by atoms with Crippen LogP contribution in [0.15, 0.2) is 0 Å². The molecule has 0 N–H and O–H groups in total. The summed E-state index contributed by atoms with van der Waals surface area (Å²) in [5, 5.41) is 0. The van der Waals surface area contributed by atoms with Crippen molar-refractivity contribution < 1.29 is 14.3 Å². The first-order valence-corrected chi connectivity index (χ1v) is 6.06. The molecule has 0 radical (unpaired) electrons. The van der Waals surface area contributed by atoms with E-state index < -0.39 is 0 Å². The fourth-order valence-corrected chi connectivity index (χ4v) is 1.85. The van der Waals surface area contributed by atoms with E-state index >= 15 is 0 Å². The third-order valence-electron chi connectivity index (χ3n) is 3.00. The minimum atomic E-state index is -0.0610. The van der Waals surface area contributed by atoms with Crippen molar-refractivity contribution in [2.45, 2.75) is 52.1 Å². The molecule has 15 heavy (non-hydrogen) atoms. The minimum absolute atomic E-state index is 0.0610. The van der Waals surface area contributed by atoms with Crippen LogP contribution in [0.25, 0.3) is 0 Å². The standard InChI is InChI=1S/C12H22O3/c1-3-10(4-2)12(13)15-9-11-7-5-6-8-14-11/h10-11H,3-9H2,1-2H3. The Bertz CT molecular complexity index is 181. The zero-order valence-electron chi connectivity index (χ0n) is 9.83. The summed E-state index contributed by atoms with van der Waals surface area (Å²) < 4.78 is 10.8. The fraction of sp³-hybridized carbons (Fsp3) is 0.917. The van der Waals surface area contributed by atoms with E-state index in [0.717, 1.165) is 32.3 Å². The van der Waals surface area contributed by atoms with Crippen molar-refractivity contribution in [2.75, 3.05) is 13.2 Å². The van der Waals surface area contributed by atoms with Crippen molar-refractivity contribution >= 4 is 5.97 Å². The van der Waals surface area contributed by atoms with Gasteiger partial charge in [0.25, 0.3) is 0 Å². The van der Waals surface area contributed by atoms with E-state index in [2.05, 4.69) is 0 Å². The molecule has 0 aliphatic carbocycles. The number of ether oxygens (including phenoxy) is 2. The highest BCUT2D eigenvalue weighted by Crippen LogP contribution is 2.15. The molecule has 0 bridgehead atoms. The molecule has 1 unspecified atom stereocenters. The van der Waals surface area contributed by atoms with Crippen molar-refractivity contribution in [3.63, 3.8) is 0 Å². The second-order valence-corrected chi connectivity index (χ2v) is 4.13. The molecule has 1 rings (SSSR count). The Hall–Kier alpha value is -0.570. The van der Waals surface area contributed by atoms with Crippen LogP contribution in [0.3, 0.4) is 0 Å². The van der Waals surface area contributed by atoms with Gasteiger partial charge in [0.05, 0.1) is 12.0 Å². The van der Waals surface area contributed by atoms with Crippen LogP contribution in [0.5, 0.6) is 0 Å². The smallest absolute Gasteiger partial charge is 0.308 e. The second-order valence-electron chi connectivity index (χ2n) is 4.13. The lowest BCUT2D eigenvalue weighted by Crippen LogP contribution is -2.27. The number of carbonyl (C=O) groups is 1. The molecule has 0 amide bonds. The van der Waals surface area contributed by atoms with Gasteiger partial charge in [-0.3, -0.25) is 4.79 Å². The zero-order valence-corrected chi connectivity index (χ0v) is 9.83. The van der Waals surface area contributed by atoms with Crippen LogP contribution in [0.1, 0.15) is 46.0 Å². The minimum Gasteiger partial charge on any atom is -0.463 e. The molecule has 1 aliphatic rings. The first-order chi connectivity index (χ1) is 7.27. The van der Waals surface area contributed by atoms with E-state index in [1.54, 1.807) is 0 Å². The van der Waals surface area contributed by atoms with Crippen molar-refractivity contribution in [2.24, 2.45) is 5.92 Å². The van der Waals surface area contributed by atoms with Crippen molar-refractivity contribution in [3.8, 4) is 0 Å². The first-order valence-electron chi connectivity index (χ1n) is 6.06. The van der Waals surface area contributed by atoms with Gasteiger partial charge in [-0.1, -0.05) is 13.8 Å². The summed E-state index contributed by atoms with van der Waals surface area (Å²) in [7, 11) is 0. The fourth-order valence-electron chi connectivity index (χ4n) is 1.85. The molecule has 1 heterocycles. The molecule has 1 aliphatic heterocycles. The van der Waals surface area contributed by atoms with E-state index in [-0.39, 0.29) is 18.0 Å². The van der Waals surface area contributed by atoms with Crippen LogP contribution in [0.2, 0.25) is 0 Å². The summed E-state index contributed by atoms with van der Waals surface area (Å²) in [6.45, 7) is 5.29. The molecule has 0 spiro atoms. The van der Waals surface area contributed by atoms with Gasteiger partial charge in [-0.15, -0.1) is 0 Å². The number of hydrogen-bond acceptors (Lipinski definition) is 3. The molecular weight excluding hydrogens is 192 g/mol.